The van der Waals surface area contributed by atoms with Crippen molar-refractivity contribution in [3.05, 3.63) is 61.2 Å². The van der Waals surface area contributed by atoms with Crippen LogP contribution >= 0.6 is 15.9 Å². The van der Waals surface area contributed by atoms with E-state index in [4.69, 9.17) is 9.47 Å². The van der Waals surface area contributed by atoms with Crippen LogP contribution in [0.25, 0.3) is 0 Å². The van der Waals surface area contributed by atoms with Crippen molar-refractivity contribution in [2.45, 2.75) is 74.2 Å². The van der Waals surface area contributed by atoms with Gasteiger partial charge in [0.15, 0.2) is 0 Å². The molecule has 2 amide bonds. The summed E-state index contributed by atoms with van der Waals surface area (Å²) in [6.45, 7) is 11.5. The maximum absolute atomic E-state index is 14.4. The summed E-state index contributed by atoms with van der Waals surface area (Å²) in [6, 6.07) is 7.19. The van der Waals surface area contributed by atoms with Gasteiger partial charge in [-0.2, -0.15) is 0 Å². The number of unbranched alkanes of at least 4 members (excludes halogenated alkanes) is 2. The molecule has 212 valence electrons. The van der Waals surface area contributed by atoms with Gasteiger partial charge >= 0.3 is 5.97 Å². The fourth-order valence-corrected chi connectivity index (χ4v) is 7.44. The highest BCUT2D eigenvalue weighted by atomic mass is 79.9. The fraction of sp³-hybridized carbons (Fsp3) is 0.567. The normalized spacial score (nSPS) is 29.8. The van der Waals surface area contributed by atoms with Crippen molar-refractivity contribution < 1.29 is 29.0 Å². The number of hydrogen-bond donors (Lipinski definition) is 1. The molecule has 1 aromatic carbocycles. The molecule has 0 aliphatic carbocycles. The van der Waals surface area contributed by atoms with Crippen LogP contribution in [0.2, 0.25) is 0 Å². The maximum Gasteiger partial charge on any atom is 0.312 e. The third-order valence-electron chi connectivity index (χ3n) is 8.21. The number of benzene rings is 1. The van der Waals surface area contributed by atoms with Gasteiger partial charge in [0.05, 0.1) is 37.2 Å². The molecule has 0 radical (unpaired) electrons. The number of esters is 1. The first kappa shape index (κ1) is 29.5. The molecular formula is C30H39BrN2O6. The molecule has 1 aromatic rings. The average Bonchev–Trinajstić information content (AvgIpc) is 3.51. The minimum absolute atomic E-state index is 0.165. The van der Waals surface area contributed by atoms with E-state index in [0.29, 0.717) is 24.9 Å². The molecule has 2 bridgehead atoms. The van der Waals surface area contributed by atoms with Gasteiger partial charge in [0.2, 0.25) is 11.8 Å². The Kier molecular flexibility index (Phi) is 9.34. The predicted octanol–water partition coefficient (Wildman–Crippen LogP) is 3.79. The lowest BCUT2D eigenvalue weighted by atomic mass is 9.70. The Morgan fingerprint density at radius 1 is 1.26 bits per heavy atom. The van der Waals surface area contributed by atoms with Crippen molar-refractivity contribution in [2.75, 3.05) is 19.8 Å². The quantitative estimate of drug-likeness (QED) is 0.160. The van der Waals surface area contributed by atoms with Crippen molar-refractivity contribution in [1.82, 2.24) is 9.80 Å². The first-order valence-corrected chi connectivity index (χ1v) is 14.6. The Bertz CT molecular complexity index is 1080. The van der Waals surface area contributed by atoms with Crippen molar-refractivity contribution in [2.24, 2.45) is 11.8 Å². The van der Waals surface area contributed by atoms with E-state index in [1.54, 1.807) is 11.0 Å². The van der Waals surface area contributed by atoms with Gasteiger partial charge in [0.25, 0.3) is 0 Å². The number of amides is 2. The van der Waals surface area contributed by atoms with Crippen molar-refractivity contribution in [3.63, 3.8) is 0 Å². The highest BCUT2D eigenvalue weighted by Gasteiger charge is 2.77. The zero-order valence-corrected chi connectivity index (χ0v) is 24.3. The maximum atomic E-state index is 14.4. The average molecular weight is 604 g/mol. The first-order chi connectivity index (χ1) is 18.7. The highest BCUT2D eigenvalue weighted by Crippen LogP contribution is 2.61. The first-order valence-electron chi connectivity index (χ1n) is 13.7. The largest absolute Gasteiger partial charge is 0.465 e. The van der Waals surface area contributed by atoms with Crippen LogP contribution in [-0.2, 0) is 23.9 Å². The molecule has 0 saturated carbocycles. The monoisotopic (exact) mass is 602 g/mol. The van der Waals surface area contributed by atoms with E-state index in [0.717, 1.165) is 12.8 Å². The molecule has 4 rings (SSSR count). The number of carbonyl (C=O) groups excluding carboxylic acids is 3. The van der Waals surface area contributed by atoms with Crippen LogP contribution < -0.4 is 0 Å². The summed E-state index contributed by atoms with van der Waals surface area (Å²) in [5.41, 5.74) is -0.524. The number of ether oxygens (including phenoxy) is 2. The SMILES string of the molecule is C=CCCCCOC(=O)[C@H]1[C@H]2C(=O)N([C@H](CO)c3ccccc3)C(C(=O)N(CC=C)C(C)C)C23CC(Br)[C@@H]1O3. The number of aliphatic hydroxyl groups is 1. The van der Waals surface area contributed by atoms with Crippen molar-refractivity contribution in [1.29, 1.82) is 0 Å². The third kappa shape index (κ3) is 5.21. The van der Waals surface area contributed by atoms with E-state index in [1.807, 2.05) is 50.3 Å². The van der Waals surface area contributed by atoms with Crippen LogP contribution in [0, 0.1) is 11.8 Å². The Labute approximate surface area is 239 Å². The van der Waals surface area contributed by atoms with Crippen LogP contribution in [0.3, 0.4) is 0 Å². The Morgan fingerprint density at radius 2 is 1.97 bits per heavy atom. The number of rotatable bonds is 13. The molecule has 1 N–H and O–H groups in total. The van der Waals surface area contributed by atoms with Crippen LogP contribution in [0.5, 0.6) is 0 Å². The number of hydrogen-bond acceptors (Lipinski definition) is 6. The van der Waals surface area contributed by atoms with Gasteiger partial charge in [0, 0.05) is 17.4 Å². The minimum atomic E-state index is -1.23. The number of likely N-dealkylation sites (tertiary alicyclic amines) is 1. The third-order valence-corrected chi connectivity index (χ3v) is 9.05. The molecule has 3 fully saturated rings. The molecule has 3 aliphatic rings. The number of allylic oxidation sites excluding steroid dienone is 1. The molecular weight excluding hydrogens is 564 g/mol. The molecule has 39 heavy (non-hydrogen) atoms. The Hall–Kier alpha value is -2.49. The number of alkyl halides is 1. The summed E-state index contributed by atoms with van der Waals surface area (Å²) in [4.78, 5) is 45.1. The standard InChI is InChI=1S/C30H39BrN2O6/c1-5-7-8-12-16-38-29(37)23-24-27(35)33(22(18-34)20-13-10-9-11-14-20)26(28(36)32(15-6-2)19(3)4)30(24)17-21(31)25(23)39-30/h5-6,9-11,13-14,19,21-26,34H,1-2,7-8,12,15-18H2,3-4H3/t21?,22-,23+,24+,25+,26?,30?/m1/s1. The van der Waals surface area contributed by atoms with E-state index in [2.05, 4.69) is 29.1 Å². The lowest BCUT2D eigenvalue weighted by Crippen LogP contribution is -2.58. The van der Waals surface area contributed by atoms with E-state index in [1.165, 1.54) is 4.90 Å². The smallest absolute Gasteiger partial charge is 0.312 e. The topological polar surface area (TPSA) is 96.4 Å². The number of halogens is 1. The zero-order chi connectivity index (χ0) is 28.3. The van der Waals surface area contributed by atoms with Crippen LogP contribution in [0.15, 0.2) is 55.6 Å². The summed E-state index contributed by atoms with van der Waals surface area (Å²) in [5, 5.41) is 10.6. The van der Waals surface area contributed by atoms with E-state index >= 15 is 0 Å². The highest BCUT2D eigenvalue weighted by molar-refractivity contribution is 9.09. The molecule has 7 atom stereocenters. The molecule has 8 nitrogen and oxygen atoms in total. The van der Waals surface area contributed by atoms with E-state index in [-0.39, 0.29) is 35.9 Å². The van der Waals surface area contributed by atoms with E-state index < -0.39 is 41.6 Å². The number of aliphatic hydroxyl groups excluding tert-OH is 1. The van der Waals surface area contributed by atoms with Gasteiger partial charge in [0.1, 0.15) is 11.6 Å². The molecule has 0 aromatic heterocycles. The summed E-state index contributed by atoms with van der Waals surface area (Å²) >= 11 is 3.69. The second-order valence-corrected chi connectivity index (χ2v) is 12.0. The lowest BCUT2D eigenvalue weighted by Gasteiger charge is -2.40. The van der Waals surface area contributed by atoms with Crippen molar-refractivity contribution in [3.8, 4) is 0 Å². The van der Waals surface area contributed by atoms with Gasteiger partial charge < -0.3 is 24.4 Å². The second-order valence-electron chi connectivity index (χ2n) is 10.8. The summed E-state index contributed by atoms with van der Waals surface area (Å²) in [5.74, 6) is -2.87. The van der Waals surface area contributed by atoms with Crippen LogP contribution in [-0.4, -0.2) is 81.1 Å². The Balaban J connectivity index is 1.76. The molecule has 3 unspecified atom stereocenters. The zero-order valence-electron chi connectivity index (χ0n) is 22.7. The summed E-state index contributed by atoms with van der Waals surface area (Å²) < 4.78 is 12.2. The van der Waals surface area contributed by atoms with Crippen molar-refractivity contribution >= 4 is 33.7 Å². The molecule has 3 saturated heterocycles. The minimum Gasteiger partial charge on any atom is -0.465 e. The summed E-state index contributed by atoms with van der Waals surface area (Å²) in [7, 11) is 0. The number of nitrogens with zero attached hydrogens (tertiary/aromatic N) is 2. The molecule has 9 heteroatoms. The molecule has 3 heterocycles. The summed E-state index contributed by atoms with van der Waals surface area (Å²) in [6.07, 6.45) is 5.65. The predicted molar refractivity (Wildman–Crippen MR) is 151 cm³/mol. The van der Waals surface area contributed by atoms with Gasteiger partial charge in [-0.05, 0) is 45.1 Å². The second kappa shape index (κ2) is 12.4. The number of carbonyl (C=O) groups is 3. The fourth-order valence-electron chi connectivity index (χ4n) is 6.49. The van der Waals surface area contributed by atoms with Gasteiger partial charge in [-0.3, -0.25) is 14.4 Å². The van der Waals surface area contributed by atoms with Gasteiger partial charge in [-0.15, -0.1) is 13.2 Å². The Morgan fingerprint density at radius 3 is 2.59 bits per heavy atom. The van der Waals surface area contributed by atoms with Crippen LogP contribution in [0.4, 0.5) is 0 Å². The molecule has 3 aliphatic heterocycles. The lowest BCUT2D eigenvalue weighted by molar-refractivity contribution is -0.157. The molecule has 1 spiro atoms. The van der Waals surface area contributed by atoms with Crippen LogP contribution in [0.1, 0.15) is 51.1 Å². The number of fused-ring (bicyclic) bond motifs is 1. The van der Waals surface area contributed by atoms with Gasteiger partial charge in [-0.25, -0.2) is 0 Å². The van der Waals surface area contributed by atoms with E-state index in [9.17, 15) is 19.5 Å². The van der Waals surface area contributed by atoms with Gasteiger partial charge in [-0.1, -0.05) is 58.4 Å².